The Morgan fingerprint density at radius 2 is 0.526 bits per heavy atom. The van der Waals surface area contributed by atoms with Crippen LogP contribution in [0.5, 0.6) is 0 Å². The maximum atomic E-state index is 12.6. The second kappa shape index (κ2) is 84.5. The zero-order chi connectivity index (χ0) is 68.4. The highest BCUT2D eigenvalue weighted by atomic mass is 16.5. The van der Waals surface area contributed by atoms with Gasteiger partial charge in [-0.2, -0.15) is 0 Å². The van der Waals surface area contributed by atoms with Gasteiger partial charge in [0.15, 0.2) is 0 Å². The van der Waals surface area contributed by atoms with Crippen LogP contribution in [0, 0.1) is 0 Å². The second-order valence-electron chi connectivity index (χ2n) is 30.2. The molecule has 95 heavy (non-hydrogen) atoms. The highest BCUT2D eigenvalue weighted by Gasteiger charge is 2.20. The Morgan fingerprint density at radius 1 is 0.295 bits per heavy atom. The van der Waals surface area contributed by atoms with Crippen LogP contribution < -0.4 is 5.32 Å². The Labute approximate surface area is 595 Å². The number of ether oxygens (including phenoxy) is 1. The molecule has 0 saturated carbocycles. The maximum absolute atomic E-state index is 12.6. The molecular formula is C89H171NO5. The van der Waals surface area contributed by atoms with Crippen LogP contribution in [-0.4, -0.2) is 47.4 Å². The summed E-state index contributed by atoms with van der Waals surface area (Å²) in [6.45, 7) is 4.98. The lowest BCUT2D eigenvalue weighted by atomic mass is 10.0. The van der Waals surface area contributed by atoms with E-state index in [1.54, 1.807) is 0 Å². The molecule has 0 spiro atoms. The summed E-state index contributed by atoms with van der Waals surface area (Å²) >= 11 is 0. The summed E-state index contributed by atoms with van der Waals surface area (Å²) < 4.78 is 5.50. The summed E-state index contributed by atoms with van der Waals surface area (Å²) in [5, 5.41) is 23.5. The van der Waals surface area contributed by atoms with Crippen molar-refractivity contribution in [2.75, 3.05) is 13.2 Å². The van der Waals surface area contributed by atoms with Crippen LogP contribution in [0.25, 0.3) is 0 Å². The number of aliphatic hydroxyl groups excluding tert-OH is 2. The molecule has 6 nitrogen and oxygen atoms in total. The third-order valence-electron chi connectivity index (χ3n) is 20.7. The van der Waals surface area contributed by atoms with Crippen molar-refractivity contribution in [1.29, 1.82) is 0 Å². The van der Waals surface area contributed by atoms with E-state index >= 15 is 0 Å². The van der Waals surface area contributed by atoms with Crippen molar-refractivity contribution in [2.45, 2.75) is 508 Å². The van der Waals surface area contributed by atoms with Gasteiger partial charge < -0.3 is 20.3 Å². The fraction of sp³-hybridized carbons (Fsp3) is 0.910. The quantitative estimate of drug-likeness (QED) is 0.0320. The van der Waals surface area contributed by atoms with Crippen LogP contribution in [0.1, 0.15) is 495 Å². The molecule has 3 N–H and O–H groups in total. The van der Waals surface area contributed by atoms with E-state index in [0.29, 0.717) is 25.9 Å². The number of carbonyl (C=O) groups is 2. The van der Waals surface area contributed by atoms with Gasteiger partial charge in [-0.25, -0.2) is 0 Å². The number of hydrogen-bond donors (Lipinski definition) is 3. The van der Waals surface area contributed by atoms with Crippen LogP contribution in [0.15, 0.2) is 36.5 Å². The molecule has 0 aliphatic carbocycles. The van der Waals surface area contributed by atoms with Crippen molar-refractivity contribution in [3.05, 3.63) is 36.5 Å². The average molecular weight is 1340 g/mol. The summed E-state index contributed by atoms with van der Waals surface area (Å²) in [6.07, 6.45) is 111. The fourth-order valence-electron chi connectivity index (χ4n) is 14.0. The maximum Gasteiger partial charge on any atom is 0.305 e. The van der Waals surface area contributed by atoms with E-state index in [1.807, 2.05) is 0 Å². The van der Waals surface area contributed by atoms with Crippen molar-refractivity contribution in [3.63, 3.8) is 0 Å². The first kappa shape index (κ1) is 93.1. The van der Waals surface area contributed by atoms with Gasteiger partial charge >= 0.3 is 5.97 Å². The highest BCUT2D eigenvalue weighted by Crippen LogP contribution is 2.21. The van der Waals surface area contributed by atoms with Crippen molar-refractivity contribution < 1.29 is 24.5 Å². The van der Waals surface area contributed by atoms with E-state index in [2.05, 4.69) is 55.6 Å². The van der Waals surface area contributed by atoms with Gasteiger partial charge in [0, 0.05) is 12.8 Å². The Morgan fingerprint density at radius 3 is 0.832 bits per heavy atom. The molecule has 6 heteroatoms. The number of hydrogen-bond acceptors (Lipinski definition) is 5. The van der Waals surface area contributed by atoms with Gasteiger partial charge in [0.25, 0.3) is 0 Å². The van der Waals surface area contributed by atoms with Gasteiger partial charge in [-0.3, -0.25) is 9.59 Å². The molecule has 0 saturated heterocycles. The number of aliphatic hydroxyl groups is 2. The minimum Gasteiger partial charge on any atom is -0.466 e. The topological polar surface area (TPSA) is 95.9 Å². The Kier molecular flexibility index (Phi) is 82.8. The smallest absolute Gasteiger partial charge is 0.305 e. The molecule has 0 aliphatic heterocycles. The van der Waals surface area contributed by atoms with Gasteiger partial charge in [-0.1, -0.05) is 436 Å². The average Bonchev–Trinajstić information content (AvgIpc) is 2.95. The lowest BCUT2D eigenvalue weighted by molar-refractivity contribution is -0.143. The van der Waals surface area contributed by atoms with Crippen molar-refractivity contribution in [3.8, 4) is 0 Å². The summed E-state index contributed by atoms with van der Waals surface area (Å²) in [5.41, 5.74) is 0. The molecule has 2 atom stereocenters. The molecule has 1 amide bonds. The van der Waals surface area contributed by atoms with Crippen LogP contribution in [0.3, 0.4) is 0 Å². The van der Waals surface area contributed by atoms with Gasteiger partial charge in [0.05, 0.1) is 25.4 Å². The molecular weight excluding hydrogens is 1160 g/mol. The number of amides is 1. The third kappa shape index (κ3) is 80.9. The Hall–Kier alpha value is -1.92. The fourth-order valence-corrected chi connectivity index (χ4v) is 14.0. The van der Waals surface area contributed by atoms with Crippen molar-refractivity contribution in [1.82, 2.24) is 5.32 Å². The first-order chi connectivity index (χ1) is 47.0. The normalized spacial score (nSPS) is 12.6. The first-order valence-electron chi connectivity index (χ1n) is 43.7. The minimum atomic E-state index is -0.663. The van der Waals surface area contributed by atoms with E-state index in [-0.39, 0.29) is 18.5 Å². The summed E-state index contributed by atoms with van der Waals surface area (Å²) in [7, 11) is 0. The number of nitrogens with one attached hydrogen (secondary N) is 1. The molecule has 0 aliphatic rings. The molecule has 0 aromatic rings. The largest absolute Gasteiger partial charge is 0.466 e. The zero-order valence-electron chi connectivity index (χ0n) is 64.7. The van der Waals surface area contributed by atoms with Crippen molar-refractivity contribution in [2.24, 2.45) is 0 Å². The second-order valence-corrected chi connectivity index (χ2v) is 30.2. The molecule has 562 valence electrons. The first-order valence-corrected chi connectivity index (χ1v) is 43.7. The molecule has 0 fully saturated rings. The molecule has 0 aromatic carbocycles. The predicted molar refractivity (Wildman–Crippen MR) is 421 cm³/mol. The van der Waals surface area contributed by atoms with Crippen LogP contribution >= 0.6 is 0 Å². The monoisotopic (exact) mass is 1330 g/mol. The van der Waals surface area contributed by atoms with E-state index in [9.17, 15) is 19.8 Å². The summed E-state index contributed by atoms with van der Waals surface area (Å²) in [5.74, 6) is -0.0153. The van der Waals surface area contributed by atoms with Gasteiger partial charge in [0.2, 0.25) is 5.91 Å². The standard InChI is InChI=1S/C89H171NO5/c1-3-5-7-9-11-13-15-17-19-20-21-22-23-41-44-47-50-54-57-61-65-69-73-77-81-87(92)86(85-91)90-88(93)82-78-74-70-66-62-58-55-51-48-45-42-39-37-35-33-31-29-27-25-24-26-28-30-32-34-36-38-40-43-46-49-52-56-60-64-68-72-76-80-84-95-89(94)83-79-75-71-67-63-59-53-18-16-14-12-10-8-6-4-2/h12,14,18,24-25,53,86-87,91-92H,3-11,13,15-17,19-23,26-52,54-85H2,1-2H3,(H,90,93)/b14-12-,25-24-,53-18-. The minimum absolute atomic E-state index is 0.00924. The van der Waals surface area contributed by atoms with E-state index in [1.165, 1.54) is 411 Å². The Bertz CT molecular complexity index is 1540. The van der Waals surface area contributed by atoms with Crippen LogP contribution in [0.2, 0.25) is 0 Å². The molecule has 0 rings (SSSR count). The van der Waals surface area contributed by atoms with E-state index in [0.717, 1.165) is 51.4 Å². The number of unbranched alkanes of at least 4 members (excludes halogenated alkanes) is 66. The number of allylic oxidation sites excluding steroid dienone is 6. The molecule has 0 aromatic heterocycles. The van der Waals surface area contributed by atoms with Gasteiger partial charge in [0.1, 0.15) is 0 Å². The van der Waals surface area contributed by atoms with Crippen molar-refractivity contribution >= 4 is 11.9 Å². The lowest BCUT2D eigenvalue weighted by Gasteiger charge is -2.22. The Balaban J connectivity index is 3.33. The third-order valence-corrected chi connectivity index (χ3v) is 20.7. The molecule has 2 unspecified atom stereocenters. The number of esters is 1. The lowest BCUT2D eigenvalue weighted by Crippen LogP contribution is -2.45. The SMILES string of the molecule is CCCCC/C=C\C/C=C\CCCCCCCC(=O)OCCCCCCCCCCCCCCCCCCCC/C=C\CCCCCCCCCCCCCCCCCCCC(=O)NC(CO)C(O)CCCCCCCCCCCCCCCCCCCCCCCCCC. The molecule has 0 heterocycles. The summed E-state index contributed by atoms with van der Waals surface area (Å²) in [4.78, 5) is 24.7. The van der Waals surface area contributed by atoms with Gasteiger partial charge in [-0.15, -0.1) is 0 Å². The number of carbonyl (C=O) groups excluding carboxylic acids is 2. The van der Waals surface area contributed by atoms with E-state index in [4.69, 9.17) is 4.74 Å². The van der Waals surface area contributed by atoms with Gasteiger partial charge in [-0.05, 0) is 83.5 Å². The number of rotatable bonds is 83. The predicted octanol–water partition coefficient (Wildman–Crippen LogP) is 29.3. The van der Waals surface area contributed by atoms with Crippen LogP contribution in [0.4, 0.5) is 0 Å². The molecule has 0 radical (unpaired) electrons. The van der Waals surface area contributed by atoms with E-state index < -0.39 is 12.1 Å². The highest BCUT2D eigenvalue weighted by molar-refractivity contribution is 5.76. The molecule has 0 bridgehead atoms. The van der Waals surface area contributed by atoms with Crippen LogP contribution in [-0.2, 0) is 14.3 Å². The summed E-state index contributed by atoms with van der Waals surface area (Å²) in [6, 6.07) is -0.540. The zero-order valence-corrected chi connectivity index (χ0v) is 64.7.